The minimum absolute atomic E-state index is 0.915. The first-order chi connectivity index (χ1) is 6.68. The van der Waals surface area contributed by atoms with Crippen molar-refractivity contribution < 1.29 is 0 Å². The van der Waals surface area contributed by atoms with Gasteiger partial charge in [-0.1, -0.05) is 0 Å². The molecule has 0 amide bonds. The van der Waals surface area contributed by atoms with Crippen molar-refractivity contribution in [1.82, 2.24) is 14.8 Å². The normalized spacial score (nSPS) is 10.5. The molecule has 14 heavy (non-hydrogen) atoms. The van der Waals surface area contributed by atoms with Crippen LogP contribution in [0.5, 0.6) is 0 Å². The molecule has 0 unspecified atom stereocenters. The summed E-state index contributed by atoms with van der Waals surface area (Å²) in [5.74, 6) is 0.915. The zero-order valence-corrected chi connectivity index (χ0v) is 8.65. The maximum atomic E-state index is 4.32. The molecule has 72 valence electrons. The van der Waals surface area contributed by atoms with E-state index in [4.69, 9.17) is 0 Å². The Bertz CT molecular complexity index is 457. The SMILES string of the molecule is Cc1cnn(-c2nccc(C)c2C)c1. The third-order valence-corrected chi connectivity index (χ3v) is 2.38. The van der Waals surface area contributed by atoms with E-state index in [9.17, 15) is 0 Å². The summed E-state index contributed by atoms with van der Waals surface area (Å²) in [5.41, 5.74) is 3.56. The van der Waals surface area contributed by atoms with Gasteiger partial charge in [-0.3, -0.25) is 0 Å². The fourth-order valence-electron chi connectivity index (χ4n) is 1.38. The highest BCUT2D eigenvalue weighted by atomic mass is 15.3. The molecule has 2 rings (SSSR count). The number of nitrogens with zero attached hydrogens (tertiary/aromatic N) is 3. The first kappa shape index (κ1) is 8.94. The zero-order chi connectivity index (χ0) is 10.1. The Morgan fingerprint density at radius 2 is 2.00 bits per heavy atom. The van der Waals surface area contributed by atoms with Crippen LogP contribution in [0.4, 0.5) is 0 Å². The quantitative estimate of drug-likeness (QED) is 0.685. The van der Waals surface area contributed by atoms with Gasteiger partial charge in [-0.25, -0.2) is 9.67 Å². The average Bonchev–Trinajstić information content (AvgIpc) is 2.57. The van der Waals surface area contributed by atoms with E-state index in [-0.39, 0.29) is 0 Å². The summed E-state index contributed by atoms with van der Waals surface area (Å²) in [6, 6.07) is 2.01. The molecule has 2 aromatic rings. The fourth-order valence-corrected chi connectivity index (χ4v) is 1.38. The van der Waals surface area contributed by atoms with Crippen LogP contribution in [0.15, 0.2) is 24.7 Å². The molecule has 0 N–H and O–H groups in total. The summed E-state index contributed by atoms with van der Waals surface area (Å²) in [5, 5.41) is 4.24. The van der Waals surface area contributed by atoms with Crippen LogP contribution in [0.3, 0.4) is 0 Å². The molecule has 0 radical (unpaired) electrons. The molecule has 0 aliphatic heterocycles. The Kier molecular flexibility index (Phi) is 2.08. The van der Waals surface area contributed by atoms with Crippen LogP contribution in [-0.2, 0) is 0 Å². The smallest absolute Gasteiger partial charge is 0.156 e. The van der Waals surface area contributed by atoms with E-state index in [0.29, 0.717) is 0 Å². The average molecular weight is 187 g/mol. The van der Waals surface area contributed by atoms with Crippen LogP contribution >= 0.6 is 0 Å². The van der Waals surface area contributed by atoms with Crippen LogP contribution in [0.1, 0.15) is 16.7 Å². The van der Waals surface area contributed by atoms with Crippen LogP contribution in [0, 0.1) is 20.8 Å². The Morgan fingerprint density at radius 3 is 2.64 bits per heavy atom. The van der Waals surface area contributed by atoms with Crippen molar-refractivity contribution in [3.8, 4) is 5.82 Å². The van der Waals surface area contributed by atoms with E-state index < -0.39 is 0 Å². The van der Waals surface area contributed by atoms with Crippen molar-refractivity contribution in [3.05, 3.63) is 41.3 Å². The second-order valence-corrected chi connectivity index (χ2v) is 3.54. The highest BCUT2D eigenvalue weighted by Crippen LogP contribution is 2.13. The van der Waals surface area contributed by atoms with E-state index in [2.05, 4.69) is 23.9 Å². The van der Waals surface area contributed by atoms with Gasteiger partial charge < -0.3 is 0 Å². The van der Waals surface area contributed by atoms with Gasteiger partial charge in [0.05, 0.1) is 6.20 Å². The predicted octanol–water partition coefficient (Wildman–Crippen LogP) is 2.19. The van der Waals surface area contributed by atoms with Crippen LogP contribution in [0.2, 0.25) is 0 Å². The van der Waals surface area contributed by atoms with E-state index >= 15 is 0 Å². The van der Waals surface area contributed by atoms with Gasteiger partial charge in [0, 0.05) is 12.4 Å². The van der Waals surface area contributed by atoms with Crippen molar-refractivity contribution in [3.63, 3.8) is 0 Å². The summed E-state index contributed by atoms with van der Waals surface area (Å²) in [6.07, 6.45) is 5.63. The van der Waals surface area contributed by atoms with Crippen molar-refractivity contribution >= 4 is 0 Å². The highest BCUT2D eigenvalue weighted by Gasteiger charge is 2.04. The number of aromatic nitrogens is 3. The standard InChI is InChI=1S/C11H13N3/c1-8-6-13-14(7-8)11-10(3)9(2)4-5-12-11/h4-7H,1-3H3. The Balaban J connectivity index is 2.57. The summed E-state index contributed by atoms with van der Waals surface area (Å²) in [4.78, 5) is 4.32. The Morgan fingerprint density at radius 1 is 1.21 bits per heavy atom. The molecule has 0 aliphatic carbocycles. The lowest BCUT2D eigenvalue weighted by Gasteiger charge is -2.06. The summed E-state index contributed by atoms with van der Waals surface area (Å²) >= 11 is 0. The maximum Gasteiger partial charge on any atom is 0.156 e. The van der Waals surface area contributed by atoms with Gasteiger partial charge in [-0.2, -0.15) is 5.10 Å². The Hall–Kier alpha value is -1.64. The largest absolute Gasteiger partial charge is 0.237 e. The summed E-state index contributed by atoms with van der Waals surface area (Å²) < 4.78 is 1.82. The van der Waals surface area contributed by atoms with Gasteiger partial charge >= 0.3 is 0 Å². The molecule has 0 saturated heterocycles. The lowest BCUT2D eigenvalue weighted by Crippen LogP contribution is -2.01. The van der Waals surface area contributed by atoms with Crippen molar-refractivity contribution in [1.29, 1.82) is 0 Å². The maximum absolute atomic E-state index is 4.32. The topological polar surface area (TPSA) is 30.7 Å². The molecule has 2 heterocycles. The van der Waals surface area contributed by atoms with E-state index in [0.717, 1.165) is 11.4 Å². The number of rotatable bonds is 1. The molecule has 0 aromatic carbocycles. The minimum atomic E-state index is 0.915. The first-order valence-electron chi connectivity index (χ1n) is 4.62. The molecule has 0 bridgehead atoms. The molecule has 3 nitrogen and oxygen atoms in total. The lowest BCUT2D eigenvalue weighted by molar-refractivity contribution is 0.835. The molecule has 0 saturated carbocycles. The van der Waals surface area contributed by atoms with Gasteiger partial charge in [0.25, 0.3) is 0 Å². The van der Waals surface area contributed by atoms with Crippen LogP contribution in [0.25, 0.3) is 5.82 Å². The second-order valence-electron chi connectivity index (χ2n) is 3.54. The lowest BCUT2D eigenvalue weighted by atomic mass is 10.2. The molecule has 3 heteroatoms. The van der Waals surface area contributed by atoms with Gasteiger partial charge in [0.15, 0.2) is 5.82 Å². The molecule has 0 spiro atoms. The molecular formula is C11H13N3. The second kappa shape index (κ2) is 3.25. The number of hydrogen-bond acceptors (Lipinski definition) is 2. The number of pyridine rings is 1. The molecular weight excluding hydrogens is 174 g/mol. The third-order valence-electron chi connectivity index (χ3n) is 2.38. The number of hydrogen-bond donors (Lipinski definition) is 0. The van der Waals surface area contributed by atoms with E-state index in [1.807, 2.05) is 36.3 Å². The summed E-state index contributed by atoms with van der Waals surface area (Å²) in [7, 11) is 0. The van der Waals surface area contributed by atoms with Crippen molar-refractivity contribution in [2.75, 3.05) is 0 Å². The van der Waals surface area contributed by atoms with E-state index in [1.54, 1.807) is 0 Å². The van der Waals surface area contributed by atoms with Gasteiger partial charge in [0.1, 0.15) is 0 Å². The zero-order valence-electron chi connectivity index (χ0n) is 8.65. The van der Waals surface area contributed by atoms with Crippen molar-refractivity contribution in [2.45, 2.75) is 20.8 Å². The monoisotopic (exact) mass is 187 g/mol. The van der Waals surface area contributed by atoms with Gasteiger partial charge in [-0.15, -0.1) is 0 Å². The van der Waals surface area contributed by atoms with Crippen LogP contribution < -0.4 is 0 Å². The highest BCUT2D eigenvalue weighted by molar-refractivity contribution is 5.37. The predicted molar refractivity (Wildman–Crippen MR) is 55.6 cm³/mol. The molecule has 0 aliphatic rings. The third kappa shape index (κ3) is 1.41. The molecule has 2 aromatic heterocycles. The Labute approximate surface area is 83.4 Å². The first-order valence-corrected chi connectivity index (χ1v) is 4.62. The molecule has 0 atom stereocenters. The minimum Gasteiger partial charge on any atom is -0.237 e. The molecule has 0 fully saturated rings. The fraction of sp³-hybridized carbons (Fsp3) is 0.273. The summed E-state index contributed by atoms with van der Waals surface area (Å²) in [6.45, 7) is 6.17. The van der Waals surface area contributed by atoms with E-state index in [1.165, 1.54) is 11.1 Å². The van der Waals surface area contributed by atoms with Crippen molar-refractivity contribution in [2.24, 2.45) is 0 Å². The number of aryl methyl sites for hydroxylation is 2. The van der Waals surface area contributed by atoms with Gasteiger partial charge in [-0.05, 0) is 43.5 Å². The van der Waals surface area contributed by atoms with Crippen LogP contribution in [-0.4, -0.2) is 14.8 Å². The van der Waals surface area contributed by atoms with Gasteiger partial charge in [0.2, 0.25) is 0 Å².